The summed E-state index contributed by atoms with van der Waals surface area (Å²) < 4.78 is 5.36. The van der Waals surface area contributed by atoms with Crippen LogP contribution in [-0.2, 0) is 14.3 Å². The predicted octanol–water partition coefficient (Wildman–Crippen LogP) is 0.978. The Morgan fingerprint density at radius 3 is 2.61 bits per heavy atom. The number of hydrogen-bond donors (Lipinski definition) is 2. The van der Waals surface area contributed by atoms with Gasteiger partial charge in [-0.05, 0) is 19.3 Å². The Bertz CT molecular complexity index is 263. The smallest absolute Gasteiger partial charge is 0.309 e. The maximum absolute atomic E-state index is 11.4. The Kier molecular flexibility index (Phi) is 7.41. The van der Waals surface area contributed by atoms with E-state index in [-0.39, 0.29) is 6.10 Å². The van der Waals surface area contributed by atoms with Crippen molar-refractivity contribution in [3.05, 3.63) is 0 Å². The Hall–Kier alpha value is -1.10. The number of amides is 2. The largest absolute Gasteiger partial charge is 0.376 e. The van der Waals surface area contributed by atoms with Crippen molar-refractivity contribution in [3.8, 4) is 0 Å². The van der Waals surface area contributed by atoms with Crippen LogP contribution in [0.5, 0.6) is 0 Å². The third kappa shape index (κ3) is 6.00. The lowest BCUT2D eigenvalue weighted by Crippen LogP contribution is -2.42. The molecule has 1 fully saturated rings. The van der Waals surface area contributed by atoms with Gasteiger partial charge in [-0.1, -0.05) is 26.2 Å². The number of hydrogen-bond acceptors (Lipinski definition) is 3. The Balaban J connectivity index is 2.03. The van der Waals surface area contributed by atoms with E-state index >= 15 is 0 Å². The summed E-state index contributed by atoms with van der Waals surface area (Å²) in [5.41, 5.74) is 0. The Morgan fingerprint density at radius 1 is 1.17 bits per heavy atom. The molecule has 1 aliphatic rings. The van der Waals surface area contributed by atoms with Gasteiger partial charge in [0.25, 0.3) is 0 Å². The summed E-state index contributed by atoms with van der Waals surface area (Å²) >= 11 is 0. The van der Waals surface area contributed by atoms with Gasteiger partial charge < -0.3 is 15.4 Å². The average molecular weight is 256 g/mol. The molecule has 0 aliphatic carbocycles. The normalized spacial score (nSPS) is 18.6. The lowest BCUT2D eigenvalue weighted by molar-refractivity contribution is -0.139. The fourth-order valence-electron chi connectivity index (χ4n) is 1.93. The zero-order valence-electron chi connectivity index (χ0n) is 11.2. The number of nitrogens with one attached hydrogen (secondary N) is 2. The van der Waals surface area contributed by atoms with Gasteiger partial charge in [0, 0.05) is 19.7 Å². The summed E-state index contributed by atoms with van der Waals surface area (Å²) in [7, 11) is 0. The lowest BCUT2D eigenvalue weighted by Gasteiger charge is -2.10. The SMILES string of the molecule is CCCCCCNC(=O)C(=O)NC[C@H]1CCCO1. The van der Waals surface area contributed by atoms with Crippen LogP contribution in [0.1, 0.15) is 45.4 Å². The number of ether oxygens (including phenoxy) is 1. The van der Waals surface area contributed by atoms with E-state index in [1.165, 1.54) is 6.42 Å². The molecule has 18 heavy (non-hydrogen) atoms. The minimum absolute atomic E-state index is 0.0753. The molecule has 0 spiro atoms. The summed E-state index contributed by atoms with van der Waals surface area (Å²) in [5, 5.41) is 5.23. The van der Waals surface area contributed by atoms with Crippen LogP contribution in [0, 0.1) is 0 Å². The molecule has 1 saturated heterocycles. The van der Waals surface area contributed by atoms with Crippen molar-refractivity contribution in [3.63, 3.8) is 0 Å². The average Bonchev–Trinajstić information content (AvgIpc) is 2.88. The minimum atomic E-state index is -0.555. The molecule has 0 aromatic rings. The first-order chi connectivity index (χ1) is 8.74. The minimum Gasteiger partial charge on any atom is -0.376 e. The van der Waals surface area contributed by atoms with Crippen LogP contribution in [0.4, 0.5) is 0 Å². The van der Waals surface area contributed by atoms with Crippen molar-refractivity contribution >= 4 is 11.8 Å². The summed E-state index contributed by atoms with van der Waals surface area (Å²) in [6.07, 6.45) is 6.42. The van der Waals surface area contributed by atoms with Gasteiger partial charge in [0.1, 0.15) is 0 Å². The monoisotopic (exact) mass is 256 g/mol. The Labute approximate surface area is 109 Å². The van der Waals surface area contributed by atoms with Crippen molar-refractivity contribution in [1.82, 2.24) is 10.6 Å². The third-order valence-corrected chi connectivity index (χ3v) is 3.04. The standard InChI is InChI=1S/C13H24N2O3/c1-2-3-4-5-8-14-12(16)13(17)15-10-11-7-6-9-18-11/h11H,2-10H2,1H3,(H,14,16)(H,15,17)/t11-/m1/s1. The molecule has 0 aromatic carbocycles. The quantitative estimate of drug-likeness (QED) is 0.527. The number of carbonyl (C=O) groups excluding carboxylic acids is 2. The highest BCUT2D eigenvalue weighted by Crippen LogP contribution is 2.10. The zero-order chi connectivity index (χ0) is 13.2. The highest BCUT2D eigenvalue weighted by atomic mass is 16.5. The highest BCUT2D eigenvalue weighted by molar-refractivity contribution is 6.35. The van der Waals surface area contributed by atoms with Crippen LogP contribution < -0.4 is 10.6 Å². The molecular formula is C13H24N2O3. The van der Waals surface area contributed by atoms with Crippen LogP contribution in [-0.4, -0.2) is 37.6 Å². The number of carbonyl (C=O) groups is 2. The first kappa shape index (κ1) is 15.0. The first-order valence-electron chi connectivity index (χ1n) is 6.91. The van der Waals surface area contributed by atoms with E-state index in [0.717, 1.165) is 38.7 Å². The molecule has 0 aromatic heterocycles. The van der Waals surface area contributed by atoms with E-state index in [4.69, 9.17) is 4.74 Å². The third-order valence-electron chi connectivity index (χ3n) is 3.04. The molecule has 1 heterocycles. The van der Waals surface area contributed by atoms with Crippen molar-refractivity contribution in [1.29, 1.82) is 0 Å². The summed E-state index contributed by atoms with van der Waals surface area (Å²) in [4.78, 5) is 22.9. The van der Waals surface area contributed by atoms with Gasteiger partial charge in [-0.15, -0.1) is 0 Å². The van der Waals surface area contributed by atoms with Crippen LogP contribution in [0.15, 0.2) is 0 Å². The second-order valence-electron chi connectivity index (χ2n) is 4.66. The molecule has 2 amide bonds. The molecule has 0 unspecified atom stereocenters. The van der Waals surface area contributed by atoms with Gasteiger partial charge in [0.15, 0.2) is 0 Å². The summed E-state index contributed by atoms with van der Waals surface area (Å²) in [5.74, 6) is -1.09. The van der Waals surface area contributed by atoms with E-state index in [1.807, 2.05) is 0 Å². The van der Waals surface area contributed by atoms with Crippen molar-refractivity contribution < 1.29 is 14.3 Å². The maximum atomic E-state index is 11.4. The molecule has 5 heteroatoms. The van der Waals surface area contributed by atoms with Gasteiger partial charge in [-0.3, -0.25) is 9.59 Å². The molecule has 1 aliphatic heterocycles. The fourth-order valence-corrected chi connectivity index (χ4v) is 1.93. The second kappa shape index (κ2) is 8.91. The van der Waals surface area contributed by atoms with Crippen molar-refractivity contribution in [2.45, 2.75) is 51.6 Å². The van der Waals surface area contributed by atoms with Gasteiger partial charge in [-0.2, -0.15) is 0 Å². The molecule has 104 valence electrons. The molecule has 2 N–H and O–H groups in total. The lowest BCUT2D eigenvalue weighted by atomic mass is 10.2. The summed E-state index contributed by atoms with van der Waals surface area (Å²) in [6.45, 7) is 3.90. The molecule has 0 bridgehead atoms. The van der Waals surface area contributed by atoms with E-state index in [2.05, 4.69) is 17.6 Å². The topological polar surface area (TPSA) is 67.4 Å². The van der Waals surface area contributed by atoms with Crippen molar-refractivity contribution in [2.75, 3.05) is 19.7 Å². The van der Waals surface area contributed by atoms with E-state index in [9.17, 15) is 9.59 Å². The van der Waals surface area contributed by atoms with Crippen LogP contribution >= 0.6 is 0 Å². The molecule has 0 saturated carbocycles. The maximum Gasteiger partial charge on any atom is 0.309 e. The molecular weight excluding hydrogens is 232 g/mol. The van der Waals surface area contributed by atoms with Gasteiger partial charge in [0.05, 0.1) is 6.10 Å². The first-order valence-corrected chi connectivity index (χ1v) is 6.91. The number of unbranched alkanes of at least 4 members (excludes halogenated alkanes) is 3. The molecule has 1 atom stereocenters. The molecule has 5 nitrogen and oxygen atoms in total. The van der Waals surface area contributed by atoms with Gasteiger partial charge >= 0.3 is 11.8 Å². The zero-order valence-corrected chi connectivity index (χ0v) is 11.2. The van der Waals surface area contributed by atoms with Crippen LogP contribution in [0.2, 0.25) is 0 Å². The van der Waals surface area contributed by atoms with Gasteiger partial charge in [-0.25, -0.2) is 0 Å². The molecule has 1 rings (SSSR count). The van der Waals surface area contributed by atoms with Gasteiger partial charge in [0.2, 0.25) is 0 Å². The van der Waals surface area contributed by atoms with Crippen molar-refractivity contribution in [2.24, 2.45) is 0 Å². The fraction of sp³-hybridized carbons (Fsp3) is 0.846. The van der Waals surface area contributed by atoms with E-state index in [0.29, 0.717) is 13.1 Å². The summed E-state index contributed by atoms with van der Waals surface area (Å²) in [6, 6.07) is 0. The van der Waals surface area contributed by atoms with Crippen LogP contribution in [0.3, 0.4) is 0 Å². The Morgan fingerprint density at radius 2 is 1.94 bits per heavy atom. The highest BCUT2D eigenvalue weighted by Gasteiger charge is 2.18. The molecule has 0 radical (unpaired) electrons. The number of rotatable bonds is 7. The van der Waals surface area contributed by atoms with E-state index in [1.54, 1.807) is 0 Å². The predicted molar refractivity (Wildman–Crippen MR) is 69.1 cm³/mol. The second-order valence-corrected chi connectivity index (χ2v) is 4.66. The van der Waals surface area contributed by atoms with Crippen LogP contribution in [0.25, 0.3) is 0 Å². The van der Waals surface area contributed by atoms with E-state index < -0.39 is 11.8 Å².